The number of hydrogen-bond acceptors (Lipinski definition) is 5. The highest BCUT2D eigenvalue weighted by molar-refractivity contribution is 7.49. The van der Waals surface area contributed by atoms with E-state index in [1.165, 1.54) is 0 Å². The molecule has 2 aromatic rings. The molecule has 0 unspecified atom stereocenters. The lowest BCUT2D eigenvalue weighted by atomic mass is 10.1. The molecule has 1 amide bonds. The maximum absolute atomic E-state index is 13.0. The van der Waals surface area contributed by atoms with Crippen molar-refractivity contribution in [3.8, 4) is 11.5 Å². The van der Waals surface area contributed by atoms with Gasteiger partial charge in [-0.2, -0.15) is 0 Å². The molecule has 1 N–H and O–H groups in total. The van der Waals surface area contributed by atoms with Crippen molar-refractivity contribution in [2.75, 3.05) is 0 Å². The Morgan fingerprint density at radius 1 is 0.852 bits per heavy atom. The number of hydrogen-bond donors (Lipinski definition) is 1. The van der Waals surface area contributed by atoms with E-state index in [1.54, 1.807) is 60.7 Å². The van der Waals surface area contributed by atoms with Crippen molar-refractivity contribution in [1.29, 1.82) is 0 Å². The molecule has 6 nitrogen and oxygen atoms in total. The molecule has 0 radical (unpaired) electrons. The molecule has 0 fully saturated rings. The number of nitrogens with one attached hydrogen (secondary N) is 1. The van der Waals surface area contributed by atoms with Crippen LogP contribution < -0.4 is 14.5 Å². The maximum Gasteiger partial charge on any atom is 0.609 e. The zero-order chi connectivity index (χ0) is 19.4. The highest BCUT2D eigenvalue weighted by atomic mass is 31.2. The summed E-state index contributed by atoms with van der Waals surface area (Å²) >= 11 is 0. The Labute approximate surface area is 160 Å². The van der Waals surface area contributed by atoms with Gasteiger partial charge in [0, 0.05) is 6.42 Å². The first kappa shape index (κ1) is 21.0. The van der Waals surface area contributed by atoms with Crippen LogP contribution in [0.15, 0.2) is 60.7 Å². The van der Waals surface area contributed by atoms with Crippen LogP contribution >= 0.6 is 7.82 Å². The zero-order valence-corrected chi connectivity index (χ0v) is 16.4. The predicted molar refractivity (Wildman–Crippen MR) is 104 cm³/mol. The Balaban J connectivity index is 1.93. The minimum atomic E-state index is -4.10. The van der Waals surface area contributed by atoms with Crippen LogP contribution in [0.1, 0.15) is 45.4 Å². The van der Waals surface area contributed by atoms with Crippen LogP contribution in [0.25, 0.3) is 0 Å². The Hall–Kier alpha value is -2.30. The Kier molecular flexibility index (Phi) is 8.89. The summed E-state index contributed by atoms with van der Waals surface area (Å²) in [4.78, 5) is 12.0. The summed E-state index contributed by atoms with van der Waals surface area (Å²) in [5, 5.41) is 0. The smallest absolute Gasteiger partial charge is 0.394 e. The van der Waals surface area contributed by atoms with Gasteiger partial charge in [0.2, 0.25) is 5.91 Å². The number of carbonyl (C=O) groups is 1. The van der Waals surface area contributed by atoms with E-state index in [-0.39, 0.29) is 5.91 Å². The van der Waals surface area contributed by atoms with Crippen molar-refractivity contribution in [2.24, 2.45) is 0 Å². The van der Waals surface area contributed by atoms with Crippen LogP contribution in [-0.2, 0) is 14.0 Å². The average Bonchev–Trinajstić information content (AvgIpc) is 2.68. The summed E-state index contributed by atoms with van der Waals surface area (Å²) in [6.45, 7) is 2.14. The predicted octanol–water partition coefficient (Wildman–Crippen LogP) is 5.66. The molecule has 0 saturated carbocycles. The van der Waals surface area contributed by atoms with E-state index in [4.69, 9.17) is 13.7 Å². The quantitative estimate of drug-likeness (QED) is 0.287. The molecule has 146 valence electrons. The van der Waals surface area contributed by atoms with E-state index in [0.29, 0.717) is 17.9 Å². The highest BCUT2D eigenvalue weighted by Crippen LogP contribution is 2.48. The van der Waals surface area contributed by atoms with E-state index in [1.807, 2.05) is 0 Å². The molecular weight excluding hydrogens is 365 g/mol. The normalized spacial score (nSPS) is 11.0. The molecule has 2 aromatic carbocycles. The molecule has 0 aromatic heterocycles. The van der Waals surface area contributed by atoms with Gasteiger partial charge in [-0.25, -0.2) is 10.0 Å². The fourth-order valence-corrected chi connectivity index (χ4v) is 3.41. The van der Waals surface area contributed by atoms with E-state index in [9.17, 15) is 9.36 Å². The minimum absolute atomic E-state index is 0.292. The summed E-state index contributed by atoms with van der Waals surface area (Å²) in [6, 6.07) is 17.0. The highest BCUT2D eigenvalue weighted by Gasteiger charge is 2.32. The third-order valence-corrected chi connectivity index (χ3v) is 4.88. The van der Waals surface area contributed by atoms with Gasteiger partial charge >= 0.3 is 7.82 Å². The molecule has 0 aliphatic rings. The van der Waals surface area contributed by atoms with Gasteiger partial charge in [0.25, 0.3) is 0 Å². The lowest BCUT2D eigenvalue weighted by molar-refractivity contribution is -0.128. The minimum Gasteiger partial charge on any atom is -0.394 e. The van der Waals surface area contributed by atoms with Crippen LogP contribution in [0.4, 0.5) is 0 Å². The van der Waals surface area contributed by atoms with Gasteiger partial charge in [0.15, 0.2) is 0 Å². The van der Waals surface area contributed by atoms with E-state index in [0.717, 1.165) is 32.1 Å². The molecule has 2 rings (SSSR count). The number of benzene rings is 2. The number of phosphoric ester groups is 1. The molecule has 0 spiro atoms. The van der Waals surface area contributed by atoms with Gasteiger partial charge in [0.05, 0.1) is 0 Å². The summed E-state index contributed by atoms with van der Waals surface area (Å²) in [7, 11) is -4.10. The summed E-state index contributed by atoms with van der Waals surface area (Å²) in [5.41, 5.74) is 2.20. The number of unbranched alkanes of at least 4 members (excludes halogenated alkanes) is 4. The lowest BCUT2D eigenvalue weighted by Gasteiger charge is -2.18. The average molecular weight is 391 g/mol. The summed E-state index contributed by atoms with van der Waals surface area (Å²) < 4.78 is 28.9. The van der Waals surface area contributed by atoms with Crippen molar-refractivity contribution in [1.82, 2.24) is 5.48 Å². The third kappa shape index (κ3) is 8.29. The van der Waals surface area contributed by atoms with E-state index >= 15 is 0 Å². The van der Waals surface area contributed by atoms with Gasteiger partial charge in [-0.3, -0.25) is 4.79 Å². The molecule has 0 bridgehead atoms. The maximum atomic E-state index is 13.0. The first-order valence-corrected chi connectivity index (χ1v) is 10.6. The Morgan fingerprint density at radius 3 is 1.89 bits per heavy atom. The fraction of sp³-hybridized carbons (Fsp3) is 0.350. The molecule has 0 saturated heterocycles. The second-order valence-electron chi connectivity index (χ2n) is 6.04. The van der Waals surface area contributed by atoms with Gasteiger partial charge < -0.3 is 9.05 Å². The Bertz CT molecular complexity index is 678. The molecular formula is C20H26NO5P. The topological polar surface area (TPSA) is 73.9 Å². The zero-order valence-electron chi connectivity index (χ0n) is 15.5. The van der Waals surface area contributed by atoms with E-state index in [2.05, 4.69) is 12.4 Å². The second-order valence-corrected chi connectivity index (χ2v) is 7.48. The van der Waals surface area contributed by atoms with Crippen molar-refractivity contribution in [3.63, 3.8) is 0 Å². The number of hydroxylamine groups is 1. The SMILES string of the molecule is CCCCCCCC(=O)NOP(=O)(Oc1ccccc1)Oc1ccccc1. The molecule has 0 heterocycles. The molecule has 0 aliphatic carbocycles. The van der Waals surface area contributed by atoms with Crippen LogP contribution in [0.5, 0.6) is 11.5 Å². The third-order valence-electron chi connectivity index (χ3n) is 3.70. The Morgan fingerprint density at radius 2 is 1.37 bits per heavy atom. The van der Waals surface area contributed by atoms with Crippen LogP contribution in [0.3, 0.4) is 0 Å². The number of para-hydroxylation sites is 2. The number of rotatable bonds is 12. The van der Waals surface area contributed by atoms with Gasteiger partial charge in [-0.15, -0.1) is 4.62 Å². The van der Waals surface area contributed by atoms with Crippen molar-refractivity contribution >= 4 is 13.7 Å². The number of carbonyl (C=O) groups excluding carboxylic acids is 1. The molecule has 27 heavy (non-hydrogen) atoms. The van der Waals surface area contributed by atoms with Crippen molar-refractivity contribution < 1.29 is 23.0 Å². The summed E-state index contributed by atoms with van der Waals surface area (Å²) in [6.07, 6.45) is 5.41. The first-order chi connectivity index (χ1) is 13.1. The number of amides is 1. The second kappa shape index (κ2) is 11.4. The fourth-order valence-electron chi connectivity index (χ4n) is 2.32. The van der Waals surface area contributed by atoms with Gasteiger partial charge in [-0.1, -0.05) is 69.0 Å². The van der Waals surface area contributed by atoms with Crippen molar-refractivity contribution in [2.45, 2.75) is 45.4 Å². The van der Waals surface area contributed by atoms with Crippen LogP contribution in [0, 0.1) is 0 Å². The lowest BCUT2D eigenvalue weighted by Crippen LogP contribution is -2.24. The molecule has 0 atom stereocenters. The number of phosphoric acid groups is 1. The first-order valence-electron chi connectivity index (χ1n) is 9.18. The van der Waals surface area contributed by atoms with Crippen molar-refractivity contribution in [3.05, 3.63) is 60.7 Å². The van der Waals surface area contributed by atoms with Gasteiger partial charge in [-0.05, 0) is 30.7 Å². The van der Waals surface area contributed by atoms with E-state index < -0.39 is 7.82 Å². The van der Waals surface area contributed by atoms with Gasteiger partial charge in [0.1, 0.15) is 11.5 Å². The largest absolute Gasteiger partial charge is 0.609 e. The monoisotopic (exact) mass is 391 g/mol. The van der Waals surface area contributed by atoms with Crippen LogP contribution in [-0.4, -0.2) is 5.91 Å². The molecule has 0 aliphatic heterocycles. The summed E-state index contributed by atoms with van der Waals surface area (Å²) in [5.74, 6) is 0.260. The molecule has 7 heteroatoms. The van der Waals surface area contributed by atoms with Crippen LogP contribution in [0.2, 0.25) is 0 Å². The standard InChI is InChI=1S/C20H26NO5P/c1-2-3-4-5-12-17-20(22)21-26-27(23,24-18-13-8-6-9-14-18)25-19-15-10-7-11-16-19/h6-11,13-16H,2-5,12,17H2,1H3,(H,21,22).